The monoisotopic (exact) mass is 398 g/mol. The Morgan fingerprint density at radius 2 is 1.53 bits per heavy atom. The van der Waals surface area contributed by atoms with Gasteiger partial charge in [-0.1, -0.05) is 54.6 Å². The number of hydrogen-bond acceptors (Lipinski definition) is 3. The van der Waals surface area contributed by atoms with Gasteiger partial charge in [0.15, 0.2) is 6.10 Å². The van der Waals surface area contributed by atoms with Gasteiger partial charge in [0.2, 0.25) is 0 Å². The van der Waals surface area contributed by atoms with Crippen LogP contribution in [0, 0.1) is 11.3 Å². The van der Waals surface area contributed by atoms with Gasteiger partial charge in [-0.2, -0.15) is 5.26 Å². The van der Waals surface area contributed by atoms with Crippen molar-refractivity contribution in [2.75, 3.05) is 0 Å². The first-order chi connectivity index (χ1) is 14.5. The SMILES string of the molecule is C[C@@H](CCc1ccccc1)NC(=O)[C@@H](C)Oc1ccc(-c2ccc(C#N)cc2)cc1. The Morgan fingerprint density at radius 1 is 0.933 bits per heavy atom. The van der Waals surface area contributed by atoms with E-state index in [-0.39, 0.29) is 11.9 Å². The fraction of sp³-hybridized carbons (Fsp3) is 0.231. The summed E-state index contributed by atoms with van der Waals surface area (Å²) in [5.41, 5.74) is 3.96. The molecule has 0 bridgehead atoms. The molecule has 3 aromatic carbocycles. The number of nitrogens with zero attached hydrogens (tertiary/aromatic N) is 1. The number of rotatable bonds is 8. The average molecular weight is 399 g/mol. The molecule has 4 nitrogen and oxygen atoms in total. The van der Waals surface area contributed by atoms with Crippen LogP contribution in [0.15, 0.2) is 78.9 Å². The molecule has 30 heavy (non-hydrogen) atoms. The summed E-state index contributed by atoms with van der Waals surface area (Å²) < 4.78 is 5.81. The van der Waals surface area contributed by atoms with Gasteiger partial charge < -0.3 is 10.1 Å². The lowest BCUT2D eigenvalue weighted by Crippen LogP contribution is -2.41. The third-order valence-electron chi connectivity index (χ3n) is 4.98. The van der Waals surface area contributed by atoms with Crippen LogP contribution >= 0.6 is 0 Å². The van der Waals surface area contributed by atoms with E-state index >= 15 is 0 Å². The predicted molar refractivity (Wildman–Crippen MR) is 119 cm³/mol. The van der Waals surface area contributed by atoms with Crippen LogP contribution in [0.3, 0.4) is 0 Å². The van der Waals surface area contributed by atoms with Crippen LogP contribution in [0.4, 0.5) is 0 Å². The summed E-state index contributed by atoms with van der Waals surface area (Å²) in [6.07, 6.45) is 1.22. The number of aryl methyl sites for hydroxylation is 1. The number of nitrogens with one attached hydrogen (secondary N) is 1. The molecule has 0 aliphatic rings. The molecule has 0 aromatic heterocycles. The summed E-state index contributed by atoms with van der Waals surface area (Å²) in [4.78, 5) is 12.5. The van der Waals surface area contributed by atoms with Crippen molar-refractivity contribution in [3.05, 3.63) is 90.0 Å². The third-order valence-corrected chi connectivity index (χ3v) is 4.98. The standard InChI is InChI=1S/C26H26N2O2/c1-19(8-9-21-6-4-3-5-7-21)28-26(29)20(2)30-25-16-14-24(15-17-25)23-12-10-22(18-27)11-13-23/h3-7,10-17,19-20H,8-9H2,1-2H3,(H,28,29)/t19-,20+/m0/s1. The molecule has 0 spiro atoms. The van der Waals surface area contributed by atoms with Gasteiger partial charge in [-0.15, -0.1) is 0 Å². The van der Waals surface area contributed by atoms with E-state index < -0.39 is 6.10 Å². The Balaban J connectivity index is 1.50. The molecule has 1 N–H and O–H groups in total. The minimum atomic E-state index is -0.579. The predicted octanol–water partition coefficient (Wildman–Crippen LogP) is 5.13. The average Bonchev–Trinajstić information content (AvgIpc) is 2.79. The van der Waals surface area contributed by atoms with Crippen LogP contribution in [0.25, 0.3) is 11.1 Å². The number of carbonyl (C=O) groups excluding carboxylic acids is 1. The number of carbonyl (C=O) groups is 1. The molecule has 0 heterocycles. The third kappa shape index (κ3) is 5.96. The molecule has 2 atom stereocenters. The van der Waals surface area contributed by atoms with Crippen molar-refractivity contribution < 1.29 is 9.53 Å². The number of nitriles is 1. The molecule has 0 aliphatic carbocycles. The van der Waals surface area contributed by atoms with Crippen LogP contribution in [-0.4, -0.2) is 18.1 Å². The van der Waals surface area contributed by atoms with Crippen LogP contribution in [0.1, 0.15) is 31.4 Å². The van der Waals surface area contributed by atoms with Gasteiger partial charge >= 0.3 is 0 Å². The van der Waals surface area contributed by atoms with Gasteiger partial charge in [-0.3, -0.25) is 4.79 Å². The molecule has 152 valence electrons. The van der Waals surface area contributed by atoms with Crippen LogP contribution in [0.2, 0.25) is 0 Å². The fourth-order valence-electron chi connectivity index (χ4n) is 3.18. The summed E-state index contributed by atoms with van der Waals surface area (Å²) in [6.45, 7) is 3.77. The van der Waals surface area contributed by atoms with E-state index in [1.807, 2.05) is 61.5 Å². The second kappa shape index (κ2) is 10.3. The van der Waals surface area contributed by atoms with Crippen LogP contribution in [0.5, 0.6) is 5.75 Å². The number of benzene rings is 3. The lowest BCUT2D eigenvalue weighted by Gasteiger charge is -2.19. The molecule has 0 saturated heterocycles. The van der Waals surface area contributed by atoms with E-state index in [1.165, 1.54) is 5.56 Å². The van der Waals surface area contributed by atoms with Crippen molar-refractivity contribution in [2.45, 2.75) is 38.8 Å². The Hall–Kier alpha value is -3.58. The molecule has 0 unspecified atom stereocenters. The Kier molecular flexibility index (Phi) is 7.24. The van der Waals surface area contributed by atoms with Crippen molar-refractivity contribution in [3.8, 4) is 22.9 Å². The molecule has 0 aliphatic heterocycles. The van der Waals surface area contributed by atoms with Crippen LogP contribution < -0.4 is 10.1 Å². The highest BCUT2D eigenvalue weighted by Gasteiger charge is 2.17. The van der Waals surface area contributed by atoms with Gasteiger partial charge in [-0.05, 0) is 67.6 Å². The van der Waals surface area contributed by atoms with Gasteiger partial charge in [-0.25, -0.2) is 0 Å². The number of amides is 1. The van der Waals surface area contributed by atoms with Crippen molar-refractivity contribution in [3.63, 3.8) is 0 Å². The van der Waals surface area contributed by atoms with Crippen LogP contribution in [-0.2, 0) is 11.2 Å². The Bertz CT molecular complexity index is 990. The van der Waals surface area contributed by atoms with Crippen molar-refractivity contribution >= 4 is 5.91 Å². The maximum atomic E-state index is 12.5. The first kappa shape index (κ1) is 21.1. The quantitative estimate of drug-likeness (QED) is 0.572. The summed E-state index contributed by atoms with van der Waals surface area (Å²) in [5.74, 6) is 0.527. The van der Waals surface area contributed by atoms with E-state index in [2.05, 4.69) is 23.5 Å². The summed E-state index contributed by atoms with van der Waals surface area (Å²) in [7, 11) is 0. The molecule has 3 rings (SSSR count). The minimum absolute atomic E-state index is 0.0718. The second-order valence-electron chi connectivity index (χ2n) is 7.41. The van der Waals surface area contributed by atoms with Crippen molar-refractivity contribution in [2.24, 2.45) is 0 Å². The lowest BCUT2D eigenvalue weighted by atomic mass is 10.0. The van der Waals surface area contributed by atoms with Crippen molar-refractivity contribution in [1.29, 1.82) is 5.26 Å². The zero-order valence-corrected chi connectivity index (χ0v) is 17.3. The summed E-state index contributed by atoms with van der Waals surface area (Å²) >= 11 is 0. The highest BCUT2D eigenvalue weighted by Crippen LogP contribution is 2.23. The molecule has 4 heteroatoms. The van der Waals surface area contributed by atoms with Gasteiger partial charge in [0.05, 0.1) is 11.6 Å². The van der Waals surface area contributed by atoms with E-state index in [0.717, 1.165) is 24.0 Å². The van der Waals surface area contributed by atoms with E-state index in [9.17, 15) is 4.79 Å². The molecule has 1 amide bonds. The fourth-order valence-corrected chi connectivity index (χ4v) is 3.18. The first-order valence-corrected chi connectivity index (χ1v) is 10.2. The smallest absolute Gasteiger partial charge is 0.260 e. The van der Waals surface area contributed by atoms with Crippen molar-refractivity contribution in [1.82, 2.24) is 5.32 Å². The van der Waals surface area contributed by atoms with E-state index in [0.29, 0.717) is 11.3 Å². The number of hydrogen-bond donors (Lipinski definition) is 1. The van der Waals surface area contributed by atoms with E-state index in [4.69, 9.17) is 10.00 Å². The maximum Gasteiger partial charge on any atom is 0.260 e. The molecule has 0 fully saturated rings. The largest absolute Gasteiger partial charge is 0.481 e. The Labute approximate surface area is 178 Å². The normalized spacial score (nSPS) is 12.4. The molecule has 0 saturated carbocycles. The summed E-state index contributed by atoms with van der Waals surface area (Å²) in [6, 6.07) is 27.5. The zero-order chi connectivity index (χ0) is 21.3. The lowest BCUT2D eigenvalue weighted by molar-refractivity contribution is -0.127. The summed E-state index contributed by atoms with van der Waals surface area (Å²) in [5, 5.41) is 11.9. The second-order valence-corrected chi connectivity index (χ2v) is 7.41. The van der Waals surface area contributed by atoms with Gasteiger partial charge in [0, 0.05) is 6.04 Å². The molecule has 0 radical (unpaired) electrons. The van der Waals surface area contributed by atoms with Gasteiger partial charge in [0.25, 0.3) is 5.91 Å². The van der Waals surface area contributed by atoms with Gasteiger partial charge in [0.1, 0.15) is 5.75 Å². The zero-order valence-electron chi connectivity index (χ0n) is 17.3. The number of ether oxygens (including phenoxy) is 1. The molecular formula is C26H26N2O2. The minimum Gasteiger partial charge on any atom is -0.481 e. The highest BCUT2D eigenvalue weighted by molar-refractivity contribution is 5.81. The van der Waals surface area contributed by atoms with E-state index in [1.54, 1.807) is 19.1 Å². The molecular weight excluding hydrogens is 372 g/mol. The topological polar surface area (TPSA) is 62.1 Å². The highest BCUT2D eigenvalue weighted by atomic mass is 16.5. The first-order valence-electron chi connectivity index (χ1n) is 10.2. The maximum absolute atomic E-state index is 12.5. The molecule has 3 aromatic rings. The Morgan fingerprint density at radius 3 is 2.13 bits per heavy atom.